The fourth-order valence-electron chi connectivity index (χ4n) is 3.09. The molecule has 0 bridgehead atoms. The van der Waals surface area contributed by atoms with Crippen molar-refractivity contribution in [2.75, 3.05) is 30.9 Å². The van der Waals surface area contributed by atoms with Crippen LogP contribution in [0.25, 0.3) is 0 Å². The molecule has 5 heteroatoms. The number of rotatable bonds is 5. The monoisotopic (exact) mass is 326 g/mol. The fourth-order valence-corrected chi connectivity index (χ4v) is 3.09. The molecule has 2 aromatic carbocycles. The molecule has 1 unspecified atom stereocenters. The van der Waals surface area contributed by atoms with Crippen LogP contribution in [0.3, 0.4) is 0 Å². The average molecular weight is 326 g/mol. The first-order valence-corrected chi connectivity index (χ1v) is 8.09. The number of ether oxygens (including phenoxy) is 2. The molecule has 1 amide bonds. The van der Waals surface area contributed by atoms with Gasteiger partial charge in [-0.25, -0.2) is 0 Å². The molecular weight excluding hydrogens is 304 g/mol. The van der Waals surface area contributed by atoms with Crippen molar-refractivity contribution in [2.45, 2.75) is 19.3 Å². The Kier molecular flexibility index (Phi) is 4.60. The van der Waals surface area contributed by atoms with Crippen molar-refractivity contribution in [3.63, 3.8) is 0 Å². The van der Waals surface area contributed by atoms with E-state index in [1.165, 1.54) is 0 Å². The molecule has 0 aliphatic carbocycles. The highest BCUT2D eigenvalue weighted by molar-refractivity contribution is 5.96. The van der Waals surface area contributed by atoms with Crippen LogP contribution >= 0.6 is 0 Å². The summed E-state index contributed by atoms with van der Waals surface area (Å²) in [5, 5.41) is 0. The molecule has 0 radical (unpaired) electrons. The normalized spacial score (nSPS) is 17.2. The van der Waals surface area contributed by atoms with Gasteiger partial charge in [0.15, 0.2) is 11.5 Å². The Morgan fingerprint density at radius 2 is 2.04 bits per heavy atom. The number of amides is 1. The minimum absolute atomic E-state index is 0.111. The zero-order valence-corrected chi connectivity index (χ0v) is 14.0. The van der Waals surface area contributed by atoms with Crippen LogP contribution in [0.1, 0.15) is 24.8 Å². The molecule has 126 valence electrons. The summed E-state index contributed by atoms with van der Waals surface area (Å²) in [4.78, 5) is 14.2. The summed E-state index contributed by atoms with van der Waals surface area (Å²) in [5.41, 5.74) is 8.42. The number of methoxy groups -OCH3 is 1. The van der Waals surface area contributed by atoms with Gasteiger partial charge in [0.1, 0.15) is 0 Å². The molecule has 0 spiro atoms. The topological polar surface area (TPSA) is 64.8 Å². The van der Waals surface area contributed by atoms with Gasteiger partial charge in [-0.15, -0.1) is 0 Å². The van der Waals surface area contributed by atoms with E-state index in [1.807, 2.05) is 49.4 Å². The predicted molar refractivity (Wildman–Crippen MR) is 94.7 cm³/mol. The van der Waals surface area contributed by atoms with Crippen molar-refractivity contribution < 1.29 is 14.3 Å². The summed E-state index contributed by atoms with van der Waals surface area (Å²) >= 11 is 0. The van der Waals surface area contributed by atoms with Crippen LogP contribution in [0, 0.1) is 0 Å². The third-order valence-corrected chi connectivity index (χ3v) is 4.27. The van der Waals surface area contributed by atoms with Gasteiger partial charge in [-0.2, -0.15) is 0 Å². The van der Waals surface area contributed by atoms with E-state index in [-0.39, 0.29) is 11.8 Å². The summed E-state index contributed by atoms with van der Waals surface area (Å²) < 4.78 is 11.0. The quantitative estimate of drug-likeness (QED) is 0.857. The summed E-state index contributed by atoms with van der Waals surface area (Å²) in [6.45, 7) is 3.14. The molecule has 1 saturated heterocycles. The molecule has 1 aliphatic heterocycles. The number of hydrogen-bond acceptors (Lipinski definition) is 4. The summed E-state index contributed by atoms with van der Waals surface area (Å²) in [5.74, 6) is 1.66. The number of nitrogens with two attached hydrogens (primary N) is 1. The summed E-state index contributed by atoms with van der Waals surface area (Å²) in [6.07, 6.45) is 0.479. The van der Waals surface area contributed by atoms with Gasteiger partial charge in [0, 0.05) is 30.3 Å². The Balaban J connectivity index is 1.84. The highest BCUT2D eigenvalue weighted by Crippen LogP contribution is 2.36. The molecule has 1 atom stereocenters. The maximum absolute atomic E-state index is 12.4. The minimum Gasteiger partial charge on any atom is -0.493 e. The number of benzene rings is 2. The van der Waals surface area contributed by atoms with Crippen molar-refractivity contribution in [1.82, 2.24) is 0 Å². The first kappa shape index (κ1) is 16.2. The highest BCUT2D eigenvalue weighted by atomic mass is 16.5. The number of nitrogens with zero attached hydrogens (tertiary/aromatic N) is 1. The molecule has 5 nitrogen and oxygen atoms in total. The minimum atomic E-state index is 0.111. The molecular formula is C19H22N2O3. The second-order valence-electron chi connectivity index (χ2n) is 5.84. The Hall–Kier alpha value is -2.69. The van der Waals surface area contributed by atoms with Gasteiger partial charge in [-0.3, -0.25) is 4.79 Å². The molecule has 0 aromatic heterocycles. The lowest BCUT2D eigenvalue weighted by Crippen LogP contribution is -2.24. The molecule has 24 heavy (non-hydrogen) atoms. The number of nitrogen functional groups attached to an aromatic ring is 1. The maximum Gasteiger partial charge on any atom is 0.227 e. The molecule has 3 rings (SSSR count). The fraction of sp³-hybridized carbons (Fsp3) is 0.316. The molecule has 1 fully saturated rings. The number of anilines is 2. The second kappa shape index (κ2) is 6.83. The smallest absolute Gasteiger partial charge is 0.227 e. The van der Waals surface area contributed by atoms with Crippen molar-refractivity contribution in [1.29, 1.82) is 0 Å². The first-order valence-electron chi connectivity index (χ1n) is 8.09. The van der Waals surface area contributed by atoms with Gasteiger partial charge in [-0.05, 0) is 42.8 Å². The third kappa shape index (κ3) is 3.15. The number of hydrogen-bond donors (Lipinski definition) is 1. The van der Waals surface area contributed by atoms with Crippen LogP contribution in [0.2, 0.25) is 0 Å². The van der Waals surface area contributed by atoms with Crippen LogP contribution in [0.4, 0.5) is 11.4 Å². The second-order valence-corrected chi connectivity index (χ2v) is 5.84. The maximum atomic E-state index is 12.4. The lowest BCUT2D eigenvalue weighted by atomic mass is 9.98. The van der Waals surface area contributed by atoms with Crippen molar-refractivity contribution in [2.24, 2.45) is 0 Å². The SMILES string of the molecule is CCOc1cc(C2CC(=O)N(c3cccc(N)c3)C2)ccc1OC. The Morgan fingerprint density at radius 3 is 2.75 bits per heavy atom. The predicted octanol–water partition coefficient (Wildman–Crippen LogP) is 3.20. The Morgan fingerprint density at radius 1 is 1.21 bits per heavy atom. The zero-order chi connectivity index (χ0) is 17.1. The van der Waals surface area contributed by atoms with Crippen LogP contribution in [-0.4, -0.2) is 26.2 Å². The van der Waals surface area contributed by atoms with Crippen LogP contribution in [-0.2, 0) is 4.79 Å². The van der Waals surface area contributed by atoms with Gasteiger partial charge >= 0.3 is 0 Å². The van der Waals surface area contributed by atoms with E-state index in [4.69, 9.17) is 15.2 Å². The molecule has 1 heterocycles. The number of carbonyl (C=O) groups excluding carboxylic acids is 1. The zero-order valence-electron chi connectivity index (χ0n) is 14.0. The molecule has 1 aliphatic rings. The van der Waals surface area contributed by atoms with Gasteiger partial charge in [0.2, 0.25) is 5.91 Å². The lowest BCUT2D eigenvalue weighted by molar-refractivity contribution is -0.117. The van der Waals surface area contributed by atoms with E-state index >= 15 is 0 Å². The van der Waals surface area contributed by atoms with E-state index < -0.39 is 0 Å². The van der Waals surface area contributed by atoms with Crippen molar-refractivity contribution >= 4 is 17.3 Å². The van der Waals surface area contributed by atoms with Gasteiger partial charge < -0.3 is 20.1 Å². The molecule has 2 aromatic rings. The Labute approximate surface area is 142 Å². The van der Waals surface area contributed by atoms with Crippen molar-refractivity contribution in [3.05, 3.63) is 48.0 Å². The van der Waals surface area contributed by atoms with Crippen molar-refractivity contribution in [3.8, 4) is 11.5 Å². The van der Waals surface area contributed by atoms with Crippen LogP contribution in [0.5, 0.6) is 11.5 Å². The average Bonchev–Trinajstić information content (AvgIpc) is 2.97. The van der Waals surface area contributed by atoms with E-state index in [9.17, 15) is 4.79 Å². The lowest BCUT2D eigenvalue weighted by Gasteiger charge is -2.18. The first-order chi connectivity index (χ1) is 11.6. The molecule has 2 N–H and O–H groups in total. The largest absolute Gasteiger partial charge is 0.493 e. The summed E-state index contributed by atoms with van der Waals surface area (Å²) in [6, 6.07) is 13.3. The van der Waals surface area contributed by atoms with Gasteiger partial charge in [-0.1, -0.05) is 12.1 Å². The third-order valence-electron chi connectivity index (χ3n) is 4.27. The van der Waals surface area contributed by atoms with Gasteiger partial charge in [0.25, 0.3) is 0 Å². The van der Waals surface area contributed by atoms with Crippen LogP contribution in [0.15, 0.2) is 42.5 Å². The van der Waals surface area contributed by atoms with Crippen LogP contribution < -0.4 is 20.1 Å². The van der Waals surface area contributed by atoms with E-state index in [1.54, 1.807) is 12.0 Å². The Bertz CT molecular complexity index is 745. The van der Waals surface area contributed by atoms with E-state index in [0.29, 0.717) is 36.8 Å². The van der Waals surface area contributed by atoms with E-state index in [2.05, 4.69) is 0 Å². The summed E-state index contributed by atoms with van der Waals surface area (Å²) in [7, 11) is 1.62. The molecule has 0 saturated carbocycles. The van der Waals surface area contributed by atoms with Gasteiger partial charge in [0.05, 0.1) is 13.7 Å². The van der Waals surface area contributed by atoms with E-state index in [0.717, 1.165) is 11.3 Å². The standard InChI is InChI=1S/C19H22N2O3/c1-3-24-18-9-13(7-8-17(18)23-2)14-10-19(22)21(12-14)16-6-4-5-15(20)11-16/h4-9,11,14H,3,10,12,20H2,1-2H3. The highest BCUT2D eigenvalue weighted by Gasteiger charge is 2.32. The number of carbonyl (C=O) groups is 1.